The lowest BCUT2D eigenvalue weighted by molar-refractivity contribution is -0.151. The number of amides is 2. The van der Waals surface area contributed by atoms with Gasteiger partial charge in [-0.25, -0.2) is 0 Å². The lowest BCUT2D eigenvalue weighted by atomic mass is 9.98. The van der Waals surface area contributed by atoms with Crippen LogP contribution < -0.4 is 5.32 Å². The van der Waals surface area contributed by atoms with Crippen molar-refractivity contribution >= 4 is 11.8 Å². The van der Waals surface area contributed by atoms with Crippen molar-refractivity contribution in [2.75, 3.05) is 6.54 Å². The van der Waals surface area contributed by atoms with Crippen LogP contribution in [0.2, 0.25) is 0 Å². The Morgan fingerprint density at radius 3 is 2.40 bits per heavy atom. The first-order valence-corrected chi connectivity index (χ1v) is 6.79. The highest BCUT2D eigenvalue weighted by Crippen LogP contribution is 2.23. The molecule has 1 fully saturated rings. The second kappa shape index (κ2) is 6.45. The number of carbonyl (C=O) groups excluding carboxylic acids is 2. The van der Waals surface area contributed by atoms with Gasteiger partial charge in [-0.3, -0.25) is 9.59 Å². The van der Waals surface area contributed by atoms with Gasteiger partial charge in [0.25, 0.3) is 0 Å². The van der Waals surface area contributed by atoms with Crippen LogP contribution in [0.5, 0.6) is 0 Å². The Balaban J connectivity index is 2.65. The van der Waals surface area contributed by atoms with E-state index in [1.807, 2.05) is 13.8 Å². The van der Waals surface area contributed by atoms with Crippen molar-refractivity contribution in [2.24, 2.45) is 5.92 Å². The minimum Gasteiger partial charge on any atom is -0.343 e. The van der Waals surface area contributed by atoms with Crippen LogP contribution in [0.15, 0.2) is 0 Å². The van der Waals surface area contributed by atoms with Crippen LogP contribution in [-0.4, -0.2) is 41.5 Å². The first kappa shape index (κ1) is 16.8. The number of nitrogens with one attached hydrogen (secondary N) is 1. The highest BCUT2D eigenvalue weighted by atomic mass is 19.4. The molecule has 0 saturated carbocycles. The maximum absolute atomic E-state index is 12.2. The second-order valence-electron chi connectivity index (χ2n) is 5.62. The van der Waals surface area contributed by atoms with Gasteiger partial charge in [-0.05, 0) is 25.7 Å². The fourth-order valence-corrected chi connectivity index (χ4v) is 2.27. The molecule has 1 saturated heterocycles. The van der Waals surface area contributed by atoms with E-state index in [1.165, 1.54) is 11.8 Å². The number of piperazine rings is 1. The fourth-order valence-electron chi connectivity index (χ4n) is 2.27. The molecule has 4 nitrogen and oxygen atoms in total. The molecule has 0 aromatic carbocycles. The molecular weight excluding hydrogens is 273 g/mol. The predicted molar refractivity (Wildman–Crippen MR) is 67.8 cm³/mol. The maximum Gasteiger partial charge on any atom is 0.389 e. The molecule has 1 N–H and O–H groups in total. The van der Waals surface area contributed by atoms with Crippen molar-refractivity contribution in [2.45, 2.75) is 58.3 Å². The Kier molecular flexibility index (Phi) is 5.42. The smallest absolute Gasteiger partial charge is 0.343 e. The molecule has 7 heteroatoms. The van der Waals surface area contributed by atoms with Crippen molar-refractivity contribution < 1.29 is 22.8 Å². The zero-order chi connectivity index (χ0) is 15.5. The maximum atomic E-state index is 12.2. The number of nitrogens with zero attached hydrogens (tertiary/aromatic N) is 1. The Hall–Kier alpha value is -1.27. The summed E-state index contributed by atoms with van der Waals surface area (Å²) in [5.41, 5.74) is 0. The Bertz CT molecular complexity index is 369. The summed E-state index contributed by atoms with van der Waals surface area (Å²) in [5, 5.41) is 2.63. The van der Waals surface area contributed by atoms with Gasteiger partial charge in [0, 0.05) is 13.0 Å². The van der Waals surface area contributed by atoms with E-state index in [0.29, 0.717) is 6.42 Å². The molecule has 1 heterocycles. The van der Waals surface area contributed by atoms with E-state index in [1.54, 1.807) is 0 Å². The topological polar surface area (TPSA) is 49.4 Å². The van der Waals surface area contributed by atoms with Gasteiger partial charge in [-0.15, -0.1) is 0 Å². The fraction of sp³-hybridized carbons (Fsp3) is 0.846. The Morgan fingerprint density at radius 2 is 1.90 bits per heavy atom. The van der Waals surface area contributed by atoms with Crippen LogP contribution in [0.3, 0.4) is 0 Å². The number of halogens is 3. The molecule has 0 radical (unpaired) electrons. The molecule has 0 spiro atoms. The molecule has 2 atom stereocenters. The molecule has 1 aliphatic heterocycles. The second-order valence-corrected chi connectivity index (χ2v) is 5.62. The van der Waals surface area contributed by atoms with Crippen LogP contribution in [0.1, 0.15) is 40.0 Å². The first-order valence-electron chi connectivity index (χ1n) is 6.79. The van der Waals surface area contributed by atoms with Crippen LogP contribution in [-0.2, 0) is 9.59 Å². The predicted octanol–water partition coefficient (Wildman–Crippen LogP) is 2.09. The van der Waals surface area contributed by atoms with Gasteiger partial charge in [0.15, 0.2) is 0 Å². The van der Waals surface area contributed by atoms with E-state index < -0.39 is 24.7 Å². The van der Waals surface area contributed by atoms with Gasteiger partial charge < -0.3 is 10.2 Å². The van der Waals surface area contributed by atoms with Gasteiger partial charge in [0.1, 0.15) is 12.1 Å². The van der Waals surface area contributed by atoms with E-state index in [9.17, 15) is 22.8 Å². The minimum atomic E-state index is -4.23. The molecule has 1 rings (SSSR count). The van der Waals surface area contributed by atoms with Crippen molar-refractivity contribution in [3.63, 3.8) is 0 Å². The molecule has 0 bridgehead atoms. The van der Waals surface area contributed by atoms with Gasteiger partial charge in [-0.2, -0.15) is 13.2 Å². The molecule has 0 aromatic heterocycles. The normalized spacial score (nSPS) is 24.2. The highest BCUT2D eigenvalue weighted by molar-refractivity contribution is 5.96. The van der Waals surface area contributed by atoms with E-state index >= 15 is 0 Å². The summed E-state index contributed by atoms with van der Waals surface area (Å²) in [6.07, 6.45) is -4.87. The summed E-state index contributed by atoms with van der Waals surface area (Å²) in [5.74, 6) is -0.370. The summed E-state index contributed by atoms with van der Waals surface area (Å²) < 4.78 is 36.4. The van der Waals surface area contributed by atoms with Gasteiger partial charge in [-0.1, -0.05) is 13.8 Å². The van der Waals surface area contributed by atoms with E-state index in [2.05, 4.69) is 5.32 Å². The lowest BCUT2D eigenvalue weighted by Gasteiger charge is -2.38. The van der Waals surface area contributed by atoms with Crippen LogP contribution in [0.4, 0.5) is 13.2 Å². The minimum absolute atomic E-state index is 0.0402. The molecule has 2 amide bonds. The molecule has 20 heavy (non-hydrogen) atoms. The molecule has 116 valence electrons. The number of rotatable bonds is 5. The van der Waals surface area contributed by atoms with E-state index in [0.717, 1.165) is 0 Å². The Labute approximate surface area is 116 Å². The van der Waals surface area contributed by atoms with Gasteiger partial charge in [0.05, 0.1) is 0 Å². The summed E-state index contributed by atoms with van der Waals surface area (Å²) in [7, 11) is 0. The van der Waals surface area contributed by atoms with E-state index in [4.69, 9.17) is 0 Å². The largest absolute Gasteiger partial charge is 0.389 e. The molecule has 1 aliphatic rings. The summed E-state index contributed by atoms with van der Waals surface area (Å²) in [4.78, 5) is 25.2. The van der Waals surface area contributed by atoms with Crippen molar-refractivity contribution in [1.82, 2.24) is 10.2 Å². The van der Waals surface area contributed by atoms with Crippen LogP contribution in [0.25, 0.3) is 0 Å². The van der Waals surface area contributed by atoms with Crippen molar-refractivity contribution in [3.05, 3.63) is 0 Å². The Morgan fingerprint density at radius 1 is 1.30 bits per heavy atom. The summed E-state index contributed by atoms with van der Waals surface area (Å²) >= 11 is 0. The first-order chi connectivity index (χ1) is 9.11. The summed E-state index contributed by atoms with van der Waals surface area (Å²) in [6, 6.07) is -1.33. The third kappa shape index (κ3) is 4.68. The number of hydrogen-bond acceptors (Lipinski definition) is 2. The van der Waals surface area contributed by atoms with Crippen molar-refractivity contribution in [1.29, 1.82) is 0 Å². The average molecular weight is 294 g/mol. The SMILES string of the molecule is CC(C)CC1NC(=O)C(C)N(CCCC(F)(F)F)C1=O. The zero-order valence-electron chi connectivity index (χ0n) is 12.0. The third-order valence-corrected chi connectivity index (χ3v) is 3.31. The quantitative estimate of drug-likeness (QED) is 0.844. The van der Waals surface area contributed by atoms with Gasteiger partial charge >= 0.3 is 6.18 Å². The highest BCUT2D eigenvalue weighted by Gasteiger charge is 2.38. The number of carbonyl (C=O) groups is 2. The van der Waals surface area contributed by atoms with Crippen LogP contribution in [0, 0.1) is 5.92 Å². The lowest BCUT2D eigenvalue weighted by Crippen LogP contribution is -2.62. The monoisotopic (exact) mass is 294 g/mol. The third-order valence-electron chi connectivity index (χ3n) is 3.31. The zero-order valence-corrected chi connectivity index (χ0v) is 12.0. The molecular formula is C13H21F3N2O2. The van der Waals surface area contributed by atoms with E-state index in [-0.39, 0.29) is 30.7 Å². The average Bonchev–Trinajstić information content (AvgIpc) is 2.28. The number of alkyl halides is 3. The standard InChI is InChI=1S/C13H21F3N2O2/c1-8(2)7-10-12(20)18(9(3)11(19)17-10)6-4-5-13(14,15)16/h8-10H,4-7H2,1-3H3,(H,17,19). The van der Waals surface area contributed by atoms with Crippen molar-refractivity contribution in [3.8, 4) is 0 Å². The molecule has 2 unspecified atom stereocenters. The summed E-state index contributed by atoms with van der Waals surface area (Å²) in [6.45, 7) is 5.34. The van der Waals surface area contributed by atoms with Gasteiger partial charge in [0.2, 0.25) is 11.8 Å². The molecule has 0 aliphatic carbocycles. The van der Waals surface area contributed by atoms with Crippen LogP contribution >= 0.6 is 0 Å². The number of hydrogen-bond donors (Lipinski definition) is 1. The molecule has 0 aromatic rings.